The molecule has 1 aliphatic heterocycles. The zero-order chi connectivity index (χ0) is 16.3. The Morgan fingerprint density at radius 1 is 1.23 bits per heavy atom. The van der Waals surface area contributed by atoms with Crippen LogP contribution in [0.2, 0.25) is 0 Å². The zero-order valence-corrected chi connectivity index (χ0v) is 14.0. The van der Waals surface area contributed by atoms with E-state index >= 15 is 0 Å². The van der Waals surface area contributed by atoms with Crippen LogP contribution >= 0.6 is 0 Å². The van der Waals surface area contributed by atoms with E-state index in [4.69, 9.17) is 10.1 Å². The smallest absolute Gasteiger partial charge is 0.304 e. The second-order valence-electron chi connectivity index (χ2n) is 6.92. The van der Waals surface area contributed by atoms with E-state index in [-0.39, 0.29) is 11.8 Å². The topological polar surface area (TPSA) is 69.6 Å². The average molecular weight is 306 g/mol. The van der Waals surface area contributed by atoms with Gasteiger partial charge in [0.15, 0.2) is 0 Å². The van der Waals surface area contributed by atoms with E-state index in [2.05, 4.69) is 35.6 Å². The highest BCUT2D eigenvalue weighted by Gasteiger charge is 2.22. The monoisotopic (exact) mass is 306 g/mol. The Morgan fingerprint density at radius 2 is 1.86 bits per heavy atom. The minimum atomic E-state index is -0.737. The first-order valence-corrected chi connectivity index (χ1v) is 7.81. The van der Waals surface area contributed by atoms with Gasteiger partial charge in [0.2, 0.25) is 5.95 Å². The SMILES string of the molecule is Cc1cc(C(C)(C)C)nc(N2CCN(CCC(=O)O)CC2)n1. The summed E-state index contributed by atoms with van der Waals surface area (Å²) in [5, 5.41) is 8.75. The molecule has 0 saturated carbocycles. The Kier molecular flexibility index (Phi) is 5.01. The number of hydrogen-bond acceptors (Lipinski definition) is 5. The van der Waals surface area contributed by atoms with Crippen molar-refractivity contribution in [2.45, 2.75) is 39.5 Å². The first-order chi connectivity index (χ1) is 10.3. The van der Waals surface area contributed by atoms with E-state index in [1.165, 1.54) is 0 Å². The molecule has 1 N–H and O–H groups in total. The van der Waals surface area contributed by atoms with Gasteiger partial charge in [-0.05, 0) is 13.0 Å². The number of carboxylic acids is 1. The summed E-state index contributed by atoms with van der Waals surface area (Å²) in [4.78, 5) is 24.3. The lowest BCUT2D eigenvalue weighted by atomic mass is 9.91. The Morgan fingerprint density at radius 3 is 2.41 bits per heavy atom. The van der Waals surface area contributed by atoms with E-state index in [9.17, 15) is 4.79 Å². The fourth-order valence-corrected chi connectivity index (χ4v) is 2.50. The van der Waals surface area contributed by atoms with Gasteiger partial charge in [0, 0.05) is 43.8 Å². The Bertz CT molecular complexity index is 531. The molecule has 2 heterocycles. The lowest BCUT2D eigenvalue weighted by Crippen LogP contribution is -2.47. The maximum atomic E-state index is 10.6. The molecule has 6 heteroatoms. The molecule has 0 aliphatic carbocycles. The fraction of sp³-hybridized carbons (Fsp3) is 0.688. The minimum Gasteiger partial charge on any atom is -0.481 e. The molecule has 1 aliphatic rings. The summed E-state index contributed by atoms with van der Waals surface area (Å²) >= 11 is 0. The molecule has 0 unspecified atom stereocenters. The summed E-state index contributed by atoms with van der Waals surface area (Å²) in [7, 11) is 0. The van der Waals surface area contributed by atoms with Gasteiger partial charge in [-0.3, -0.25) is 9.69 Å². The number of piperazine rings is 1. The Labute approximate surface area is 132 Å². The number of carbonyl (C=O) groups is 1. The number of nitrogens with zero attached hydrogens (tertiary/aromatic N) is 4. The number of rotatable bonds is 4. The second kappa shape index (κ2) is 6.60. The van der Waals surface area contributed by atoms with Crippen LogP contribution in [0.25, 0.3) is 0 Å². The number of carboxylic acid groups (broad SMARTS) is 1. The molecule has 6 nitrogen and oxygen atoms in total. The Hall–Kier alpha value is -1.69. The minimum absolute atomic E-state index is 0.00571. The van der Waals surface area contributed by atoms with Crippen LogP contribution in [0, 0.1) is 6.92 Å². The molecule has 1 fully saturated rings. The van der Waals surface area contributed by atoms with Crippen molar-refractivity contribution in [2.75, 3.05) is 37.6 Å². The molecule has 1 saturated heterocycles. The predicted molar refractivity (Wildman–Crippen MR) is 86.4 cm³/mol. The van der Waals surface area contributed by atoms with Gasteiger partial charge in [0.1, 0.15) is 0 Å². The fourth-order valence-electron chi connectivity index (χ4n) is 2.50. The average Bonchev–Trinajstić information content (AvgIpc) is 2.44. The summed E-state index contributed by atoms with van der Waals surface area (Å²) in [6.45, 7) is 12.5. The number of anilines is 1. The quantitative estimate of drug-likeness (QED) is 0.912. The van der Waals surface area contributed by atoms with E-state index in [1.807, 2.05) is 13.0 Å². The molecule has 0 amide bonds. The van der Waals surface area contributed by atoms with Gasteiger partial charge >= 0.3 is 5.97 Å². The van der Waals surface area contributed by atoms with Crippen molar-refractivity contribution < 1.29 is 9.90 Å². The zero-order valence-electron chi connectivity index (χ0n) is 14.0. The molecule has 0 atom stereocenters. The van der Waals surface area contributed by atoms with Gasteiger partial charge in [-0.2, -0.15) is 0 Å². The van der Waals surface area contributed by atoms with Crippen molar-refractivity contribution >= 4 is 11.9 Å². The summed E-state index contributed by atoms with van der Waals surface area (Å²) in [6.07, 6.45) is 0.203. The normalized spacial score (nSPS) is 16.8. The van der Waals surface area contributed by atoms with Crippen LogP contribution in [0.5, 0.6) is 0 Å². The van der Waals surface area contributed by atoms with E-state index in [1.54, 1.807) is 0 Å². The van der Waals surface area contributed by atoms with Crippen molar-refractivity contribution in [2.24, 2.45) is 0 Å². The molecule has 0 aromatic carbocycles. The highest BCUT2D eigenvalue weighted by atomic mass is 16.4. The lowest BCUT2D eigenvalue weighted by Gasteiger charge is -2.35. The van der Waals surface area contributed by atoms with Crippen molar-refractivity contribution in [1.29, 1.82) is 0 Å². The third-order valence-corrected chi connectivity index (χ3v) is 3.91. The van der Waals surface area contributed by atoms with Gasteiger partial charge in [-0.15, -0.1) is 0 Å². The summed E-state index contributed by atoms with van der Waals surface area (Å²) in [6, 6.07) is 2.05. The highest BCUT2D eigenvalue weighted by molar-refractivity contribution is 5.66. The van der Waals surface area contributed by atoms with Crippen molar-refractivity contribution in [1.82, 2.24) is 14.9 Å². The lowest BCUT2D eigenvalue weighted by molar-refractivity contribution is -0.137. The summed E-state index contributed by atoms with van der Waals surface area (Å²) in [5.74, 6) is 0.0575. The molecule has 1 aromatic rings. The predicted octanol–water partition coefficient (Wildman–Crippen LogP) is 1.68. The molecule has 2 rings (SSSR count). The maximum absolute atomic E-state index is 10.6. The maximum Gasteiger partial charge on any atom is 0.304 e. The number of aliphatic carboxylic acids is 1. The van der Waals surface area contributed by atoms with Crippen LogP contribution in [0.15, 0.2) is 6.07 Å². The molecule has 122 valence electrons. The van der Waals surface area contributed by atoms with Crippen LogP contribution in [-0.4, -0.2) is 58.7 Å². The first-order valence-electron chi connectivity index (χ1n) is 7.81. The second-order valence-corrected chi connectivity index (χ2v) is 6.92. The number of hydrogen-bond donors (Lipinski definition) is 1. The highest BCUT2D eigenvalue weighted by Crippen LogP contribution is 2.23. The third kappa shape index (κ3) is 4.40. The molecule has 0 radical (unpaired) electrons. The van der Waals surface area contributed by atoms with Crippen LogP contribution in [-0.2, 0) is 10.2 Å². The Balaban J connectivity index is 2.02. The van der Waals surface area contributed by atoms with Gasteiger partial charge in [0.25, 0.3) is 0 Å². The van der Waals surface area contributed by atoms with Crippen molar-refractivity contribution in [3.05, 3.63) is 17.5 Å². The van der Waals surface area contributed by atoms with Crippen molar-refractivity contribution in [3.8, 4) is 0 Å². The van der Waals surface area contributed by atoms with Crippen molar-refractivity contribution in [3.63, 3.8) is 0 Å². The molecule has 22 heavy (non-hydrogen) atoms. The summed E-state index contributed by atoms with van der Waals surface area (Å²) < 4.78 is 0. The third-order valence-electron chi connectivity index (χ3n) is 3.91. The summed E-state index contributed by atoms with van der Waals surface area (Å²) in [5.41, 5.74) is 2.05. The van der Waals surface area contributed by atoms with Gasteiger partial charge in [-0.25, -0.2) is 9.97 Å². The van der Waals surface area contributed by atoms with Crippen LogP contribution < -0.4 is 4.90 Å². The van der Waals surface area contributed by atoms with Gasteiger partial charge in [-0.1, -0.05) is 20.8 Å². The van der Waals surface area contributed by atoms with E-state index < -0.39 is 5.97 Å². The van der Waals surface area contributed by atoms with E-state index in [0.717, 1.165) is 43.5 Å². The van der Waals surface area contributed by atoms with Gasteiger partial charge < -0.3 is 10.0 Å². The standard InChI is InChI=1S/C16H26N4O2/c1-12-11-13(16(2,3)4)18-15(17-12)20-9-7-19(8-10-20)6-5-14(21)22/h11H,5-10H2,1-4H3,(H,21,22). The first kappa shape index (κ1) is 16.7. The van der Waals surface area contributed by atoms with Gasteiger partial charge in [0.05, 0.1) is 12.1 Å². The molecule has 0 spiro atoms. The van der Waals surface area contributed by atoms with E-state index in [0.29, 0.717) is 6.54 Å². The van der Waals surface area contributed by atoms with Crippen LogP contribution in [0.3, 0.4) is 0 Å². The molecular weight excluding hydrogens is 280 g/mol. The largest absolute Gasteiger partial charge is 0.481 e. The molecular formula is C16H26N4O2. The number of aryl methyl sites for hydroxylation is 1. The molecule has 1 aromatic heterocycles. The van der Waals surface area contributed by atoms with Crippen LogP contribution in [0.1, 0.15) is 38.6 Å². The van der Waals surface area contributed by atoms with Crippen LogP contribution in [0.4, 0.5) is 5.95 Å². The molecule has 0 bridgehead atoms. The number of aromatic nitrogens is 2.